The number of imidazole rings is 1. The van der Waals surface area contributed by atoms with E-state index in [9.17, 15) is 9.90 Å². The minimum atomic E-state index is -0.559. The first-order chi connectivity index (χ1) is 18.8. The number of nitrogens with one attached hydrogen (secondary N) is 1. The maximum absolute atomic E-state index is 12.8. The smallest absolute Gasteiger partial charge is 0.274 e. The Balaban J connectivity index is 1.30. The first kappa shape index (κ1) is 25.1. The highest BCUT2D eigenvalue weighted by molar-refractivity contribution is 6.36. The Labute approximate surface area is 228 Å². The van der Waals surface area contributed by atoms with Gasteiger partial charge in [-0.2, -0.15) is 4.98 Å². The van der Waals surface area contributed by atoms with E-state index in [1.807, 2.05) is 12.3 Å². The molecular formula is C26H27ClN8O4. The van der Waals surface area contributed by atoms with Gasteiger partial charge in [0.25, 0.3) is 5.56 Å². The lowest BCUT2D eigenvalue weighted by Crippen LogP contribution is -2.41. The second kappa shape index (κ2) is 9.86. The number of aliphatic hydroxyl groups is 1. The molecule has 2 saturated carbocycles. The Morgan fingerprint density at radius 1 is 1.21 bits per heavy atom. The maximum atomic E-state index is 12.8. The summed E-state index contributed by atoms with van der Waals surface area (Å²) in [4.78, 5) is 30.3. The van der Waals surface area contributed by atoms with Crippen molar-refractivity contribution < 1.29 is 14.6 Å². The molecule has 0 unspecified atom stereocenters. The number of pyridine rings is 2. The third kappa shape index (κ3) is 4.66. The Kier molecular flexibility index (Phi) is 6.35. The van der Waals surface area contributed by atoms with Gasteiger partial charge in [-0.05, 0) is 43.2 Å². The summed E-state index contributed by atoms with van der Waals surface area (Å²) in [5, 5.41) is 13.3. The normalized spacial score (nSPS) is 19.1. The lowest BCUT2D eigenvalue weighted by Gasteiger charge is -2.32. The predicted octanol–water partition coefficient (Wildman–Crippen LogP) is 2.97. The number of rotatable bonds is 8. The molecule has 0 aromatic carbocycles. The lowest BCUT2D eigenvalue weighted by atomic mass is 9.92. The van der Waals surface area contributed by atoms with Crippen molar-refractivity contribution in [2.24, 2.45) is 19.8 Å². The number of ether oxygens (including phenoxy) is 2. The quantitative estimate of drug-likeness (QED) is 0.279. The second-order valence-electron chi connectivity index (χ2n) is 9.75. The molecule has 6 rings (SSSR count). The number of fused-ring (bicyclic) bond motifs is 1. The molecule has 4 aromatic rings. The van der Waals surface area contributed by atoms with Crippen molar-refractivity contribution in [2.75, 3.05) is 5.32 Å². The number of hydrogen-bond donors (Lipinski definition) is 3. The van der Waals surface area contributed by atoms with Gasteiger partial charge in [-0.3, -0.25) is 4.79 Å². The molecular weight excluding hydrogens is 524 g/mol. The topological polar surface area (TPSA) is 155 Å². The summed E-state index contributed by atoms with van der Waals surface area (Å²) in [6.07, 6.45) is 10.2. The predicted molar refractivity (Wildman–Crippen MR) is 145 cm³/mol. The lowest BCUT2D eigenvalue weighted by molar-refractivity contribution is -0.0386. The van der Waals surface area contributed by atoms with Crippen LogP contribution >= 0.6 is 11.6 Å². The van der Waals surface area contributed by atoms with Crippen molar-refractivity contribution in [2.45, 2.75) is 43.8 Å². The Bertz CT molecular complexity index is 1660. The highest BCUT2D eigenvalue weighted by Gasteiger charge is 2.32. The van der Waals surface area contributed by atoms with Gasteiger partial charge in [0.1, 0.15) is 22.3 Å². The molecule has 4 heterocycles. The Hall–Kier alpha value is -4.16. The van der Waals surface area contributed by atoms with Gasteiger partial charge in [-0.15, -0.1) is 0 Å². The number of aromatic nitrogens is 6. The molecule has 13 heteroatoms. The van der Waals surface area contributed by atoms with Crippen molar-refractivity contribution in [3.63, 3.8) is 0 Å². The summed E-state index contributed by atoms with van der Waals surface area (Å²) in [7, 11) is 3.50. The van der Waals surface area contributed by atoms with Gasteiger partial charge in [-0.25, -0.2) is 15.0 Å². The molecule has 4 aromatic heterocycles. The Morgan fingerprint density at radius 3 is 2.69 bits per heavy atom. The number of aryl methyl sites for hydroxylation is 2. The van der Waals surface area contributed by atoms with Crippen molar-refractivity contribution >= 4 is 40.2 Å². The van der Waals surface area contributed by atoms with Crippen LogP contribution in [-0.4, -0.2) is 46.4 Å². The molecule has 0 aliphatic heterocycles. The number of nitrogens with zero attached hydrogens (tertiary/aromatic N) is 6. The molecule has 0 radical (unpaired) electrons. The zero-order valence-electron chi connectivity index (χ0n) is 21.3. The van der Waals surface area contributed by atoms with Gasteiger partial charge < -0.3 is 34.8 Å². The number of hydrogen-bond acceptors (Lipinski definition) is 10. The zero-order valence-corrected chi connectivity index (χ0v) is 22.1. The molecule has 39 heavy (non-hydrogen) atoms. The van der Waals surface area contributed by atoms with Crippen LogP contribution in [0, 0.1) is 0 Å². The van der Waals surface area contributed by atoms with Gasteiger partial charge in [0.05, 0.1) is 12.3 Å². The van der Waals surface area contributed by atoms with Crippen LogP contribution in [0.3, 0.4) is 0 Å². The molecule has 0 bridgehead atoms. The summed E-state index contributed by atoms with van der Waals surface area (Å²) in [6.45, 7) is 0. The van der Waals surface area contributed by atoms with Crippen molar-refractivity contribution in [1.82, 2.24) is 29.1 Å². The van der Waals surface area contributed by atoms with E-state index in [0.717, 1.165) is 18.4 Å². The second-order valence-corrected chi connectivity index (χ2v) is 10.1. The van der Waals surface area contributed by atoms with Gasteiger partial charge in [-0.1, -0.05) is 11.6 Å². The average Bonchev–Trinajstić information content (AvgIpc) is 3.73. The summed E-state index contributed by atoms with van der Waals surface area (Å²) >= 11 is 6.77. The van der Waals surface area contributed by atoms with Gasteiger partial charge in [0.2, 0.25) is 11.8 Å². The third-order valence-electron chi connectivity index (χ3n) is 7.01. The molecule has 0 amide bonds. The maximum Gasteiger partial charge on any atom is 0.274 e. The summed E-state index contributed by atoms with van der Waals surface area (Å²) in [5.74, 6) is 1.43. The molecule has 0 saturated heterocycles. The van der Waals surface area contributed by atoms with Crippen molar-refractivity contribution in [3.8, 4) is 11.6 Å². The van der Waals surface area contributed by atoms with Crippen LogP contribution < -0.4 is 26.1 Å². The molecule has 2 aliphatic rings. The fraction of sp³-hybridized carbons (Fsp3) is 0.346. The van der Waals surface area contributed by atoms with E-state index >= 15 is 0 Å². The van der Waals surface area contributed by atoms with Crippen molar-refractivity contribution in [1.29, 1.82) is 0 Å². The minimum Gasteiger partial charge on any atom is -0.470 e. The molecule has 2 atom stereocenters. The van der Waals surface area contributed by atoms with E-state index in [2.05, 4.69) is 25.3 Å². The highest BCUT2D eigenvalue weighted by atomic mass is 35.5. The molecule has 2 aliphatic carbocycles. The SMILES string of the molecule is Cn1cc(C2CC2)cc(Nc2nc3ncc(OC(=CN)c4nccnc4O[C@@H]4CC[C@H]4O)c(Cl)c3n2C)c1=O. The molecule has 12 nitrogen and oxygen atoms in total. The van der Waals surface area contributed by atoms with Crippen LogP contribution in [0.5, 0.6) is 11.6 Å². The third-order valence-corrected chi connectivity index (χ3v) is 7.38. The highest BCUT2D eigenvalue weighted by Crippen LogP contribution is 2.40. The average molecular weight is 551 g/mol. The van der Waals surface area contributed by atoms with Crippen LogP contribution in [0.15, 0.2) is 41.8 Å². The van der Waals surface area contributed by atoms with Crippen LogP contribution in [-0.2, 0) is 14.1 Å². The van der Waals surface area contributed by atoms with Crippen LogP contribution in [0.2, 0.25) is 5.02 Å². The van der Waals surface area contributed by atoms with E-state index in [4.69, 9.17) is 26.8 Å². The van der Waals surface area contributed by atoms with Gasteiger partial charge in [0, 0.05) is 38.9 Å². The number of aliphatic hydroxyl groups excluding tert-OH is 1. The molecule has 202 valence electrons. The standard InChI is InChI=1S/C26H27ClN8O4/c1-34-12-14(13-3-4-13)9-15(25(34)37)32-26-33-23-22(35(26)2)20(27)19(11-31-23)38-18(10-28)21-24(30-8-7-29-21)39-17-6-5-16(17)36/h7-13,16-17,36H,3-6,28H2,1-2H3,(H,31,32,33)/t16-,17-/m1/s1. The number of halogens is 1. The largest absolute Gasteiger partial charge is 0.470 e. The fourth-order valence-corrected chi connectivity index (χ4v) is 4.78. The van der Waals surface area contributed by atoms with E-state index in [0.29, 0.717) is 41.6 Å². The summed E-state index contributed by atoms with van der Waals surface area (Å²) in [5.41, 5.74) is 8.39. The first-order valence-electron chi connectivity index (χ1n) is 12.6. The van der Waals surface area contributed by atoms with Crippen molar-refractivity contribution in [3.05, 3.63) is 63.7 Å². The molecule has 2 fully saturated rings. The van der Waals surface area contributed by atoms with Crippen LogP contribution in [0.4, 0.5) is 11.6 Å². The number of anilines is 2. The minimum absolute atomic E-state index is 0.149. The Morgan fingerprint density at radius 2 is 2.00 bits per heavy atom. The molecule has 4 N–H and O–H groups in total. The molecule has 0 spiro atoms. The van der Waals surface area contributed by atoms with E-state index in [1.165, 1.54) is 24.8 Å². The fourth-order valence-electron chi connectivity index (χ4n) is 4.48. The summed E-state index contributed by atoms with van der Waals surface area (Å²) < 4.78 is 15.2. The van der Waals surface area contributed by atoms with Crippen LogP contribution in [0.25, 0.3) is 16.9 Å². The monoisotopic (exact) mass is 550 g/mol. The number of nitrogens with two attached hydrogens (primary N) is 1. The van der Waals surface area contributed by atoms with E-state index in [-0.39, 0.29) is 39.8 Å². The van der Waals surface area contributed by atoms with Gasteiger partial charge >= 0.3 is 0 Å². The zero-order chi connectivity index (χ0) is 27.3. The van der Waals surface area contributed by atoms with Gasteiger partial charge in [0.15, 0.2) is 22.8 Å². The van der Waals surface area contributed by atoms with E-state index in [1.54, 1.807) is 23.2 Å². The van der Waals surface area contributed by atoms with Crippen LogP contribution in [0.1, 0.15) is 42.9 Å². The van der Waals surface area contributed by atoms with E-state index < -0.39 is 6.10 Å². The summed E-state index contributed by atoms with van der Waals surface area (Å²) in [6, 6.07) is 1.88. The first-order valence-corrected chi connectivity index (χ1v) is 13.0.